The molecule has 2 heterocycles. The van der Waals surface area contributed by atoms with E-state index in [9.17, 15) is 13.2 Å². The molecule has 1 aliphatic rings. The summed E-state index contributed by atoms with van der Waals surface area (Å²) in [6, 6.07) is 10.8. The van der Waals surface area contributed by atoms with Crippen molar-refractivity contribution in [3.05, 3.63) is 44.7 Å². The van der Waals surface area contributed by atoms with Gasteiger partial charge in [-0.05, 0) is 59.2 Å². The fourth-order valence-corrected chi connectivity index (χ4v) is 6.91. The summed E-state index contributed by atoms with van der Waals surface area (Å²) in [6.45, 7) is 2.29. The van der Waals surface area contributed by atoms with Gasteiger partial charge in [-0.15, -0.1) is 11.3 Å². The van der Waals surface area contributed by atoms with Crippen LogP contribution in [0.1, 0.15) is 6.42 Å². The zero-order valence-electron chi connectivity index (χ0n) is 14.4. The highest BCUT2D eigenvalue weighted by Gasteiger charge is 2.28. The molecule has 1 aliphatic heterocycles. The summed E-state index contributed by atoms with van der Waals surface area (Å²) in [6.07, 6.45) is 0.690. The van der Waals surface area contributed by atoms with Gasteiger partial charge < -0.3 is 5.32 Å². The van der Waals surface area contributed by atoms with Crippen molar-refractivity contribution in [2.24, 2.45) is 0 Å². The first kappa shape index (κ1) is 20.9. The standard InChI is InChI=1S/C17H19Br2N3O3S2/c18-13-3-1-4-14(11-13)20-16(23)12-21-7-2-8-22(10-9-21)27(24,25)17-6-5-15(19)26-17/h1,3-6,11H,2,7-10,12H2,(H,20,23). The molecule has 1 aromatic heterocycles. The minimum atomic E-state index is -3.48. The van der Waals surface area contributed by atoms with E-state index in [4.69, 9.17) is 0 Å². The van der Waals surface area contributed by atoms with Crippen LogP contribution in [-0.4, -0.2) is 56.3 Å². The number of anilines is 1. The Bertz CT molecular complexity index is 918. The lowest BCUT2D eigenvalue weighted by atomic mass is 10.3. The Hall–Kier alpha value is -0.780. The van der Waals surface area contributed by atoms with Gasteiger partial charge in [0, 0.05) is 29.8 Å². The Labute approximate surface area is 179 Å². The van der Waals surface area contributed by atoms with Crippen molar-refractivity contribution in [3.63, 3.8) is 0 Å². The maximum Gasteiger partial charge on any atom is 0.252 e. The molecule has 0 radical (unpaired) electrons. The molecule has 1 amide bonds. The molecule has 10 heteroatoms. The lowest BCUT2D eigenvalue weighted by molar-refractivity contribution is -0.117. The second-order valence-electron chi connectivity index (χ2n) is 6.15. The maximum atomic E-state index is 12.8. The molecule has 0 saturated carbocycles. The van der Waals surface area contributed by atoms with Gasteiger partial charge in [0.2, 0.25) is 5.91 Å². The number of amides is 1. The Morgan fingerprint density at radius 2 is 1.93 bits per heavy atom. The van der Waals surface area contributed by atoms with Crippen molar-refractivity contribution >= 4 is 64.8 Å². The number of hydrogen-bond donors (Lipinski definition) is 1. The molecule has 1 N–H and O–H groups in total. The molecule has 2 aromatic rings. The normalized spacial score (nSPS) is 16.8. The molecule has 3 rings (SSSR count). The lowest BCUT2D eigenvalue weighted by Crippen LogP contribution is -2.37. The molecule has 1 fully saturated rings. The van der Waals surface area contributed by atoms with Gasteiger partial charge in [0.1, 0.15) is 4.21 Å². The number of halogens is 2. The van der Waals surface area contributed by atoms with Gasteiger partial charge in [-0.1, -0.05) is 22.0 Å². The van der Waals surface area contributed by atoms with Crippen molar-refractivity contribution in [3.8, 4) is 0 Å². The van der Waals surface area contributed by atoms with Crippen LogP contribution in [0.4, 0.5) is 5.69 Å². The van der Waals surface area contributed by atoms with Crippen molar-refractivity contribution in [1.29, 1.82) is 0 Å². The fraction of sp³-hybridized carbons (Fsp3) is 0.353. The third kappa shape index (κ3) is 5.61. The number of rotatable bonds is 5. The topological polar surface area (TPSA) is 69.7 Å². The summed E-state index contributed by atoms with van der Waals surface area (Å²) in [5.74, 6) is -0.105. The van der Waals surface area contributed by atoms with Gasteiger partial charge >= 0.3 is 0 Å². The molecule has 0 aliphatic carbocycles. The average Bonchev–Trinajstić information content (AvgIpc) is 2.91. The molecular weight excluding hydrogens is 518 g/mol. The van der Waals surface area contributed by atoms with E-state index < -0.39 is 10.0 Å². The molecule has 146 valence electrons. The second kappa shape index (κ2) is 9.15. The maximum absolute atomic E-state index is 12.8. The summed E-state index contributed by atoms with van der Waals surface area (Å²) in [4.78, 5) is 14.3. The van der Waals surface area contributed by atoms with Crippen molar-refractivity contribution < 1.29 is 13.2 Å². The predicted octanol–water partition coefficient (Wildman–Crippen LogP) is 3.61. The minimum absolute atomic E-state index is 0.105. The van der Waals surface area contributed by atoms with Crippen LogP contribution in [0.2, 0.25) is 0 Å². The monoisotopic (exact) mass is 535 g/mol. The molecule has 1 aromatic carbocycles. The summed E-state index contributed by atoms with van der Waals surface area (Å²) in [5, 5.41) is 2.87. The molecule has 27 heavy (non-hydrogen) atoms. The van der Waals surface area contributed by atoms with E-state index in [1.54, 1.807) is 12.1 Å². The third-order valence-corrected chi connectivity index (χ3v) is 8.65. The van der Waals surface area contributed by atoms with E-state index >= 15 is 0 Å². The first-order valence-corrected chi connectivity index (χ1v) is 12.2. The van der Waals surface area contributed by atoms with Gasteiger partial charge in [0.05, 0.1) is 10.3 Å². The van der Waals surface area contributed by atoms with E-state index in [0.717, 1.165) is 13.9 Å². The molecule has 0 spiro atoms. The van der Waals surface area contributed by atoms with E-state index in [1.807, 2.05) is 29.2 Å². The van der Waals surface area contributed by atoms with Crippen molar-refractivity contribution in [1.82, 2.24) is 9.21 Å². The van der Waals surface area contributed by atoms with Crippen LogP contribution < -0.4 is 5.32 Å². The summed E-state index contributed by atoms with van der Waals surface area (Å²) < 4.78 is 29.1. The van der Waals surface area contributed by atoms with Crippen LogP contribution in [0.15, 0.2) is 48.9 Å². The molecule has 0 atom stereocenters. The summed E-state index contributed by atoms with van der Waals surface area (Å²) in [5.41, 5.74) is 0.733. The fourth-order valence-electron chi connectivity index (χ4n) is 2.88. The van der Waals surface area contributed by atoms with Gasteiger partial charge in [-0.25, -0.2) is 8.42 Å². The largest absolute Gasteiger partial charge is 0.325 e. The smallest absolute Gasteiger partial charge is 0.252 e. The number of nitrogens with zero attached hydrogens (tertiary/aromatic N) is 2. The number of nitrogens with one attached hydrogen (secondary N) is 1. The van der Waals surface area contributed by atoms with Crippen LogP contribution in [0.25, 0.3) is 0 Å². The minimum Gasteiger partial charge on any atom is -0.325 e. The number of sulfonamides is 1. The first-order chi connectivity index (χ1) is 12.8. The van der Waals surface area contributed by atoms with Crippen LogP contribution in [-0.2, 0) is 14.8 Å². The Morgan fingerprint density at radius 3 is 2.63 bits per heavy atom. The lowest BCUT2D eigenvalue weighted by Gasteiger charge is -2.21. The van der Waals surface area contributed by atoms with E-state index in [1.165, 1.54) is 15.6 Å². The Balaban J connectivity index is 1.57. The first-order valence-electron chi connectivity index (χ1n) is 8.38. The molecule has 1 saturated heterocycles. The third-order valence-electron chi connectivity index (χ3n) is 4.17. The SMILES string of the molecule is O=C(CN1CCCN(S(=O)(=O)c2ccc(Br)s2)CC1)Nc1cccc(Br)c1. The molecule has 6 nitrogen and oxygen atoms in total. The van der Waals surface area contributed by atoms with Gasteiger partial charge in [0.25, 0.3) is 10.0 Å². The van der Waals surface area contributed by atoms with Gasteiger partial charge in [-0.2, -0.15) is 4.31 Å². The van der Waals surface area contributed by atoms with Crippen LogP contribution >= 0.6 is 43.2 Å². The number of benzene rings is 1. The van der Waals surface area contributed by atoms with Gasteiger partial charge in [0.15, 0.2) is 0 Å². The van der Waals surface area contributed by atoms with Crippen LogP contribution in [0.3, 0.4) is 0 Å². The van der Waals surface area contributed by atoms with Crippen LogP contribution in [0.5, 0.6) is 0 Å². The van der Waals surface area contributed by atoms with Crippen molar-refractivity contribution in [2.75, 3.05) is 38.0 Å². The number of thiophene rings is 1. The molecule has 0 bridgehead atoms. The highest BCUT2D eigenvalue weighted by molar-refractivity contribution is 9.11. The van der Waals surface area contributed by atoms with E-state index in [2.05, 4.69) is 37.2 Å². The predicted molar refractivity (Wildman–Crippen MR) is 115 cm³/mol. The summed E-state index contributed by atoms with van der Waals surface area (Å²) in [7, 11) is -3.48. The zero-order valence-corrected chi connectivity index (χ0v) is 19.2. The van der Waals surface area contributed by atoms with E-state index in [0.29, 0.717) is 36.8 Å². The Morgan fingerprint density at radius 1 is 1.11 bits per heavy atom. The number of carbonyl (C=O) groups excluding carboxylic acids is 1. The molecule has 0 unspecified atom stereocenters. The summed E-state index contributed by atoms with van der Waals surface area (Å²) >= 11 is 7.91. The highest BCUT2D eigenvalue weighted by Crippen LogP contribution is 2.29. The Kier molecular flexibility index (Phi) is 7.09. The second-order valence-corrected chi connectivity index (χ2v) is 11.7. The highest BCUT2D eigenvalue weighted by atomic mass is 79.9. The van der Waals surface area contributed by atoms with Gasteiger partial charge in [-0.3, -0.25) is 9.69 Å². The number of carbonyl (C=O) groups is 1. The van der Waals surface area contributed by atoms with E-state index in [-0.39, 0.29) is 12.5 Å². The van der Waals surface area contributed by atoms with Crippen LogP contribution in [0, 0.1) is 0 Å². The molecular formula is C17H19Br2N3O3S2. The van der Waals surface area contributed by atoms with Crippen molar-refractivity contribution in [2.45, 2.75) is 10.6 Å². The number of hydrogen-bond acceptors (Lipinski definition) is 5. The quantitative estimate of drug-likeness (QED) is 0.633. The zero-order chi connectivity index (χ0) is 19.4. The average molecular weight is 537 g/mol.